The summed E-state index contributed by atoms with van der Waals surface area (Å²) in [5.74, 6) is 2.71. The Balaban J connectivity index is 0.000000201. The fourth-order valence-corrected chi connectivity index (χ4v) is 12.7. The number of likely N-dealkylation sites (N-methyl/N-ethyl adjacent to an activating group) is 3. The lowest BCUT2D eigenvalue weighted by molar-refractivity contribution is 0.0613. The maximum Gasteiger partial charge on any atom is 0.255 e. The molecule has 0 aromatic carbocycles. The van der Waals surface area contributed by atoms with E-state index in [1.165, 1.54) is 18.8 Å². The molecule has 14 N–H and O–H groups in total. The highest BCUT2D eigenvalue weighted by atomic mass is 28.4. The van der Waals surface area contributed by atoms with Gasteiger partial charge in [0.05, 0.1) is 33.4 Å². The van der Waals surface area contributed by atoms with Crippen molar-refractivity contribution in [2.24, 2.45) is 0 Å². The van der Waals surface area contributed by atoms with Crippen LogP contribution >= 0.6 is 0 Å². The van der Waals surface area contributed by atoms with E-state index in [0.29, 0.717) is 93.0 Å². The molecule has 578 valence electrons. The molecule has 5 saturated heterocycles. The second kappa shape index (κ2) is 41.4. The van der Waals surface area contributed by atoms with Crippen molar-refractivity contribution in [3.63, 3.8) is 0 Å². The number of anilines is 6. The fraction of sp³-hybridized carbons (Fsp3) is 0.520. The maximum absolute atomic E-state index is 12.5. The molecule has 0 aliphatic carbocycles. The number of aromatic nitrogens is 6. The quantitative estimate of drug-likeness (QED) is 0.0623. The summed E-state index contributed by atoms with van der Waals surface area (Å²) in [7, 11) is 10.4. The summed E-state index contributed by atoms with van der Waals surface area (Å²) in [6.07, 6.45) is 14.7. The molecule has 5 fully saturated rings. The zero-order valence-electron chi connectivity index (χ0n) is 64.6. The van der Waals surface area contributed by atoms with Crippen molar-refractivity contribution < 1.29 is 33.2 Å². The minimum absolute atomic E-state index is 0.0292. The number of nitrogen functional groups attached to an aromatic ring is 6. The summed E-state index contributed by atoms with van der Waals surface area (Å²) < 4.78 is 6.25. The van der Waals surface area contributed by atoms with Gasteiger partial charge in [-0.05, 0) is 179 Å². The van der Waals surface area contributed by atoms with Crippen LogP contribution in [-0.2, 0) is 4.43 Å². The lowest BCUT2D eigenvalue weighted by Gasteiger charge is -2.38. The van der Waals surface area contributed by atoms with Gasteiger partial charge in [0.15, 0.2) is 8.32 Å². The number of hydrogen-bond acceptors (Lipinski definition) is 24. The molecule has 4 atom stereocenters. The highest BCUT2D eigenvalue weighted by Crippen LogP contribution is 2.36. The van der Waals surface area contributed by atoms with Gasteiger partial charge in [-0.15, -0.1) is 0 Å². The largest absolute Gasteiger partial charge is 0.416 e. The number of piperidine rings is 1. The first-order valence-corrected chi connectivity index (χ1v) is 39.2. The number of carbonyl (C=O) groups excluding carboxylic acids is 6. The van der Waals surface area contributed by atoms with Gasteiger partial charge in [-0.1, -0.05) is 20.8 Å². The number of amides is 6. The van der Waals surface area contributed by atoms with Crippen molar-refractivity contribution in [2.75, 3.05) is 181 Å². The second-order valence-electron chi connectivity index (χ2n) is 29.3. The molecule has 31 heteroatoms. The van der Waals surface area contributed by atoms with Crippen LogP contribution in [0.1, 0.15) is 129 Å². The first kappa shape index (κ1) is 85.4. The Morgan fingerprint density at radius 1 is 0.491 bits per heavy atom. The van der Waals surface area contributed by atoms with E-state index in [0.717, 1.165) is 124 Å². The minimum atomic E-state index is -1.68. The van der Waals surface area contributed by atoms with E-state index in [2.05, 4.69) is 96.0 Å². The predicted molar refractivity (Wildman–Crippen MR) is 422 cm³/mol. The van der Waals surface area contributed by atoms with Gasteiger partial charge < -0.3 is 88.7 Å². The average molecular weight is 1480 g/mol. The van der Waals surface area contributed by atoms with E-state index in [1.807, 2.05) is 78.6 Å². The normalized spacial score (nSPS) is 18.1. The van der Waals surface area contributed by atoms with Crippen LogP contribution in [0.4, 0.5) is 34.9 Å². The van der Waals surface area contributed by atoms with E-state index in [9.17, 15) is 28.8 Å². The number of piperazine rings is 2. The smallest absolute Gasteiger partial charge is 0.255 e. The molecule has 0 spiro atoms. The molecule has 0 bridgehead atoms. The second-order valence-corrected chi connectivity index (χ2v) is 34.2. The number of hydrogen-bond donors (Lipinski definition) is 8. The number of rotatable bonds is 15. The van der Waals surface area contributed by atoms with Crippen LogP contribution in [0.25, 0.3) is 0 Å². The van der Waals surface area contributed by atoms with Gasteiger partial charge in [-0.25, -0.2) is 29.9 Å². The zero-order chi connectivity index (χ0) is 77.8. The molecule has 6 aromatic heterocycles. The van der Waals surface area contributed by atoms with Crippen LogP contribution in [0.3, 0.4) is 0 Å². The minimum Gasteiger partial charge on any atom is -0.416 e. The van der Waals surface area contributed by atoms with Gasteiger partial charge in [0, 0.05) is 166 Å². The lowest BCUT2D eigenvalue weighted by atomic mass is 10.0. The first-order chi connectivity index (χ1) is 50.2. The van der Waals surface area contributed by atoms with Crippen LogP contribution in [0.2, 0.25) is 18.1 Å². The molecule has 6 amide bonds. The number of nitrogens with one attached hydrogen (secondary N) is 2. The monoisotopic (exact) mass is 1480 g/mol. The highest BCUT2D eigenvalue weighted by Gasteiger charge is 2.37. The summed E-state index contributed by atoms with van der Waals surface area (Å²) in [5, 5.41) is 6.28. The number of likely N-dealkylation sites (tertiary alicyclic amines) is 3. The van der Waals surface area contributed by atoms with Crippen LogP contribution in [0.15, 0.2) is 110 Å². The van der Waals surface area contributed by atoms with Crippen molar-refractivity contribution >= 4 is 78.7 Å². The molecular formula is C75H117N23O7Si. The molecule has 0 radical (unpaired) electrons. The Bertz CT molecular complexity index is 3540. The topological polar surface area (TPSA) is 398 Å². The molecule has 5 aliphatic heterocycles. The molecule has 5 aliphatic rings. The Labute approximate surface area is 627 Å². The summed E-state index contributed by atoms with van der Waals surface area (Å²) in [5.41, 5.74) is 36.6. The van der Waals surface area contributed by atoms with Gasteiger partial charge in [0.25, 0.3) is 35.4 Å². The van der Waals surface area contributed by atoms with Gasteiger partial charge in [0.1, 0.15) is 34.9 Å². The van der Waals surface area contributed by atoms with Crippen LogP contribution in [0, 0.1) is 0 Å². The number of carbonyl (C=O) groups is 6. The van der Waals surface area contributed by atoms with Gasteiger partial charge in [-0.3, -0.25) is 33.7 Å². The molecular weight excluding hydrogens is 1360 g/mol. The lowest BCUT2D eigenvalue weighted by Crippen LogP contribution is -2.52. The summed E-state index contributed by atoms with van der Waals surface area (Å²) in [4.78, 5) is 114. The van der Waals surface area contributed by atoms with Gasteiger partial charge in [-0.2, -0.15) is 0 Å². The SMILES string of the molecule is CC(C)(C)[Si](C)(C)OCCN1CCN(C(=O)c2ccc(N)nc2)CC1.CN(C)CCNC(=O)c1ccc(N)nc1.CN(C)[C@@H]1CCN(C(=O)c2ccc(N)nc2)C1.CN(C)[C@H]1CCN(C(=O)c2ccc(N)nc2)C1.C[C@@H]1CCCCN1C(=O)c1ccc(N)nc1.C[C@H]1CNCCN1C(=O)c1ccc(N)nc1. The number of nitrogens with two attached hydrogens (primary N) is 6. The number of pyridine rings is 6. The molecule has 106 heavy (non-hydrogen) atoms. The predicted octanol–water partition coefficient (Wildman–Crippen LogP) is 5.05. The van der Waals surface area contributed by atoms with Crippen LogP contribution < -0.4 is 45.0 Å². The van der Waals surface area contributed by atoms with E-state index >= 15 is 0 Å². The van der Waals surface area contributed by atoms with Crippen LogP contribution in [0.5, 0.6) is 0 Å². The van der Waals surface area contributed by atoms with E-state index in [-0.39, 0.29) is 46.5 Å². The fourth-order valence-electron chi connectivity index (χ4n) is 11.6. The Morgan fingerprint density at radius 3 is 1.21 bits per heavy atom. The molecule has 0 unspecified atom stereocenters. The van der Waals surface area contributed by atoms with Gasteiger partial charge >= 0.3 is 0 Å². The third kappa shape index (κ3) is 27.1. The highest BCUT2D eigenvalue weighted by molar-refractivity contribution is 6.74. The average Bonchev–Trinajstić information content (AvgIpc) is 1.70. The third-order valence-corrected chi connectivity index (χ3v) is 24.1. The van der Waals surface area contributed by atoms with Gasteiger partial charge in [0.2, 0.25) is 0 Å². The summed E-state index contributed by atoms with van der Waals surface area (Å²) >= 11 is 0. The molecule has 0 saturated carbocycles. The molecule has 11 heterocycles. The molecule has 11 rings (SSSR count). The van der Waals surface area contributed by atoms with Crippen LogP contribution in [-0.4, -0.2) is 289 Å². The molecule has 30 nitrogen and oxygen atoms in total. The summed E-state index contributed by atoms with van der Waals surface area (Å²) in [6, 6.07) is 21.7. The standard InChI is InChI=1S/C18H32N4O2Si.2C12H18N4O.C12H17N3O.C11H16N4O.C10H16N4O/c1-18(2,3)25(4,5)24-13-12-21-8-10-22(11-9-21)17(23)15-6-7-16(19)20-14-15;2*1-15(2)10-5-6-16(8-10)12(17)9-3-4-11(13)14-7-9;1-9-4-2-3-7-15(9)12(16)10-5-6-11(13)14-8-10;1-8-6-13-4-5-15(8)11(16)9-2-3-10(12)14-7-9;1-14(2)6-5-12-10(15)8-3-4-9(11)13-7-8/h6-7,14H,8-13H2,1-5H3,(H2,19,20);2*3-4,7,10H,5-6,8H2,1-2H3,(H2,13,14);5-6,8-9H,2-4,7H2,1H3,(H2,13,14);2-3,7-8,13H,4-6H2,1H3,(H2,12,14);3-4,7H,5-6H2,1-2H3,(H2,11,13)(H,12,15)/t;2*10-;9-;8-;/m.1010./s1. The van der Waals surface area contributed by atoms with Crippen molar-refractivity contribution in [1.29, 1.82) is 0 Å². The van der Waals surface area contributed by atoms with Crippen molar-refractivity contribution in [3.8, 4) is 0 Å². The zero-order valence-corrected chi connectivity index (χ0v) is 65.6. The van der Waals surface area contributed by atoms with Crippen molar-refractivity contribution in [2.45, 2.75) is 109 Å². The van der Waals surface area contributed by atoms with E-state index in [1.54, 1.807) is 97.6 Å². The molecule has 6 aromatic rings. The van der Waals surface area contributed by atoms with E-state index < -0.39 is 8.32 Å². The number of nitrogens with zero attached hydrogens (tertiary/aromatic N) is 15. The van der Waals surface area contributed by atoms with Crippen molar-refractivity contribution in [3.05, 3.63) is 143 Å². The Kier molecular flexibility index (Phi) is 33.4. The first-order valence-electron chi connectivity index (χ1n) is 36.3. The van der Waals surface area contributed by atoms with E-state index in [4.69, 9.17) is 38.8 Å². The maximum atomic E-state index is 12.5. The van der Waals surface area contributed by atoms with Crippen molar-refractivity contribution in [1.82, 2.24) is 84.6 Å². The summed E-state index contributed by atoms with van der Waals surface area (Å²) in [6.45, 7) is 28.3. The Morgan fingerprint density at radius 2 is 0.868 bits per heavy atom. The Hall–Kier alpha value is -9.50. The third-order valence-electron chi connectivity index (χ3n) is 19.6.